The minimum atomic E-state index is 0.0435. The highest BCUT2D eigenvalue weighted by atomic mass is 16.2. The summed E-state index contributed by atoms with van der Waals surface area (Å²) in [5.41, 5.74) is 1.16. The average Bonchev–Trinajstić information content (AvgIpc) is 2.66. The highest BCUT2D eigenvalue weighted by Crippen LogP contribution is 2.31. The van der Waals surface area contributed by atoms with Crippen LogP contribution in [0.2, 0.25) is 0 Å². The second-order valence-corrected chi connectivity index (χ2v) is 8.19. The normalized spacial score (nSPS) is 19.9. The number of carbonyl (C=O) groups is 2. The zero-order chi connectivity index (χ0) is 19.8. The van der Waals surface area contributed by atoms with Gasteiger partial charge in [-0.05, 0) is 59.2 Å². The van der Waals surface area contributed by atoms with Crippen molar-refractivity contribution < 1.29 is 9.59 Å². The van der Waals surface area contributed by atoms with Gasteiger partial charge in [0, 0.05) is 37.5 Å². The molecule has 1 aromatic rings. The van der Waals surface area contributed by atoms with Crippen LogP contribution in [0.5, 0.6) is 0 Å². The quantitative estimate of drug-likeness (QED) is 0.762. The Morgan fingerprint density at radius 3 is 2.19 bits per heavy atom. The SMILES string of the molecule is CC(C)N(Cc1ccccc1)C(=O)C1CCC(C(=O)NCCN(C)C)CC1. The molecule has 2 amide bonds. The molecule has 0 unspecified atom stereocenters. The number of likely N-dealkylation sites (N-methyl/N-ethyl adjacent to an activating group) is 1. The maximum atomic E-state index is 13.1. The predicted molar refractivity (Wildman–Crippen MR) is 109 cm³/mol. The molecular weight excluding hydrogens is 338 g/mol. The Morgan fingerprint density at radius 1 is 1.04 bits per heavy atom. The van der Waals surface area contributed by atoms with Crippen molar-refractivity contribution in [2.75, 3.05) is 27.2 Å². The molecule has 150 valence electrons. The lowest BCUT2D eigenvalue weighted by molar-refractivity contribution is -0.140. The van der Waals surface area contributed by atoms with E-state index in [4.69, 9.17) is 0 Å². The van der Waals surface area contributed by atoms with Crippen molar-refractivity contribution in [2.45, 2.75) is 52.1 Å². The van der Waals surface area contributed by atoms with Gasteiger partial charge in [-0.3, -0.25) is 9.59 Å². The number of benzene rings is 1. The lowest BCUT2D eigenvalue weighted by Crippen LogP contribution is -2.43. The lowest BCUT2D eigenvalue weighted by Gasteiger charge is -2.34. The minimum absolute atomic E-state index is 0.0435. The molecule has 2 rings (SSSR count). The van der Waals surface area contributed by atoms with E-state index in [1.54, 1.807) is 0 Å². The summed E-state index contributed by atoms with van der Waals surface area (Å²) in [6.07, 6.45) is 3.23. The number of carbonyl (C=O) groups excluding carboxylic acids is 2. The molecule has 0 atom stereocenters. The van der Waals surface area contributed by atoms with Crippen LogP contribution in [-0.2, 0) is 16.1 Å². The first-order chi connectivity index (χ1) is 12.9. The van der Waals surface area contributed by atoms with Gasteiger partial charge in [-0.2, -0.15) is 0 Å². The Labute approximate surface area is 164 Å². The molecule has 0 aliphatic heterocycles. The Morgan fingerprint density at radius 2 is 1.63 bits per heavy atom. The molecular formula is C22H35N3O2. The number of nitrogens with zero attached hydrogens (tertiary/aromatic N) is 2. The van der Waals surface area contributed by atoms with Crippen LogP contribution in [0.4, 0.5) is 0 Å². The van der Waals surface area contributed by atoms with E-state index >= 15 is 0 Å². The fourth-order valence-electron chi connectivity index (χ4n) is 3.68. The molecule has 5 nitrogen and oxygen atoms in total. The van der Waals surface area contributed by atoms with E-state index in [2.05, 4.69) is 36.2 Å². The van der Waals surface area contributed by atoms with E-state index in [0.717, 1.165) is 37.8 Å². The van der Waals surface area contributed by atoms with Crippen molar-refractivity contribution >= 4 is 11.8 Å². The molecule has 0 saturated heterocycles. The van der Waals surface area contributed by atoms with Crippen molar-refractivity contribution in [3.63, 3.8) is 0 Å². The van der Waals surface area contributed by atoms with Crippen LogP contribution in [0.25, 0.3) is 0 Å². The van der Waals surface area contributed by atoms with Gasteiger partial charge in [-0.25, -0.2) is 0 Å². The fraction of sp³-hybridized carbons (Fsp3) is 0.636. The molecule has 27 heavy (non-hydrogen) atoms. The van der Waals surface area contributed by atoms with Crippen molar-refractivity contribution in [1.82, 2.24) is 15.1 Å². The van der Waals surface area contributed by atoms with Gasteiger partial charge in [0.1, 0.15) is 0 Å². The Balaban J connectivity index is 1.85. The van der Waals surface area contributed by atoms with Gasteiger partial charge in [0.2, 0.25) is 11.8 Å². The third-order valence-electron chi connectivity index (χ3n) is 5.41. The highest BCUT2D eigenvalue weighted by molar-refractivity contribution is 5.81. The van der Waals surface area contributed by atoms with E-state index in [0.29, 0.717) is 13.1 Å². The Kier molecular flexibility index (Phi) is 8.29. The number of amides is 2. The summed E-state index contributed by atoms with van der Waals surface area (Å²) < 4.78 is 0. The molecule has 0 radical (unpaired) electrons. The number of hydrogen-bond donors (Lipinski definition) is 1. The molecule has 1 aromatic carbocycles. The first-order valence-electron chi connectivity index (χ1n) is 10.1. The first kappa shape index (κ1) is 21.4. The van der Waals surface area contributed by atoms with Gasteiger partial charge in [-0.1, -0.05) is 30.3 Å². The molecule has 1 aliphatic rings. The Bertz CT molecular complexity index is 593. The molecule has 0 bridgehead atoms. The fourth-order valence-corrected chi connectivity index (χ4v) is 3.68. The minimum Gasteiger partial charge on any atom is -0.355 e. The molecule has 1 fully saturated rings. The Hall–Kier alpha value is -1.88. The van der Waals surface area contributed by atoms with Crippen LogP contribution in [-0.4, -0.2) is 54.8 Å². The van der Waals surface area contributed by atoms with Crippen LogP contribution in [0.1, 0.15) is 45.1 Å². The van der Waals surface area contributed by atoms with Crippen LogP contribution < -0.4 is 5.32 Å². The summed E-state index contributed by atoms with van der Waals surface area (Å²) in [5.74, 6) is 0.479. The second-order valence-electron chi connectivity index (χ2n) is 8.19. The van der Waals surface area contributed by atoms with Crippen LogP contribution >= 0.6 is 0 Å². The lowest BCUT2D eigenvalue weighted by atomic mass is 9.80. The highest BCUT2D eigenvalue weighted by Gasteiger charge is 2.32. The van der Waals surface area contributed by atoms with Crippen molar-refractivity contribution in [2.24, 2.45) is 11.8 Å². The predicted octanol–water partition coefficient (Wildman–Crippen LogP) is 2.91. The van der Waals surface area contributed by atoms with Crippen molar-refractivity contribution in [3.8, 4) is 0 Å². The molecule has 0 aromatic heterocycles. The summed E-state index contributed by atoms with van der Waals surface area (Å²) >= 11 is 0. The molecule has 1 aliphatic carbocycles. The second kappa shape index (κ2) is 10.5. The standard InChI is InChI=1S/C22H35N3O2/c1-17(2)25(16-18-8-6-5-7-9-18)22(27)20-12-10-19(11-13-20)21(26)23-14-15-24(3)4/h5-9,17,19-20H,10-16H2,1-4H3,(H,23,26). The number of nitrogens with one attached hydrogen (secondary N) is 1. The van der Waals surface area contributed by atoms with E-state index in [9.17, 15) is 9.59 Å². The van der Waals surface area contributed by atoms with E-state index in [1.807, 2.05) is 37.2 Å². The molecule has 5 heteroatoms. The van der Waals surface area contributed by atoms with Crippen molar-refractivity contribution in [1.29, 1.82) is 0 Å². The summed E-state index contributed by atoms with van der Waals surface area (Å²) in [6.45, 7) is 6.34. The summed E-state index contributed by atoms with van der Waals surface area (Å²) in [4.78, 5) is 29.4. The van der Waals surface area contributed by atoms with E-state index < -0.39 is 0 Å². The van der Waals surface area contributed by atoms with Crippen LogP contribution in [0, 0.1) is 11.8 Å². The van der Waals surface area contributed by atoms with Crippen LogP contribution in [0.3, 0.4) is 0 Å². The van der Waals surface area contributed by atoms with Gasteiger partial charge >= 0.3 is 0 Å². The monoisotopic (exact) mass is 373 g/mol. The number of hydrogen-bond acceptors (Lipinski definition) is 3. The first-order valence-corrected chi connectivity index (χ1v) is 10.1. The molecule has 1 N–H and O–H groups in total. The smallest absolute Gasteiger partial charge is 0.226 e. The third kappa shape index (κ3) is 6.65. The zero-order valence-corrected chi connectivity index (χ0v) is 17.3. The van der Waals surface area contributed by atoms with Gasteiger partial charge in [-0.15, -0.1) is 0 Å². The summed E-state index contributed by atoms with van der Waals surface area (Å²) in [7, 11) is 4.00. The number of rotatable bonds is 8. The molecule has 0 heterocycles. The van der Waals surface area contributed by atoms with Gasteiger partial charge in [0.25, 0.3) is 0 Å². The van der Waals surface area contributed by atoms with Gasteiger partial charge < -0.3 is 15.1 Å². The maximum Gasteiger partial charge on any atom is 0.226 e. The van der Waals surface area contributed by atoms with Gasteiger partial charge in [0.15, 0.2) is 0 Å². The molecule has 0 spiro atoms. The summed E-state index contributed by atoms with van der Waals surface area (Å²) in [6, 6.07) is 10.3. The van der Waals surface area contributed by atoms with Crippen LogP contribution in [0.15, 0.2) is 30.3 Å². The van der Waals surface area contributed by atoms with E-state index in [-0.39, 0.29) is 29.7 Å². The van der Waals surface area contributed by atoms with Crippen molar-refractivity contribution in [3.05, 3.63) is 35.9 Å². The average molecular weight is 374 g/mol. The topological polar surface area (TPSA) is 52.7 Å². The maximum absolute atomic E-state index is 13.1. The van der Waals surface area contributed by atoms with Gasteiger partial charge in [0.05, 0.1) is 0 Å². The molecule has 1 saturated carbocycles. The summed E-state index contributed by atoms with van der Waals surface area (Å²) in [5, 5.41) is 3.03. The van der Waals surface area contributed by atoms with E-state index in [1.165, 1.54) is 0 Å². The third-order valence-corrected chi connectivity index (χ3v) is 5.41. The zero-order valence-electron chi connectivity index (χ0n) is 17.3. The largest absolute Gasteiger partial charge is 0.355 e.